The van der Waals surface area contributed by atoms with Crippen LogP contribution >= 0.6 is 0 Å². The number of aliphatic hydroxyl groups excluding tert-OH is 1. The summed E-state index contributed by atoms with van der Waals surface area (Å²) in [4.78, 5) is 44.1. The predicted molar refractivity (Wildman–Crippen MR) is 189 cm³/mol. The molecule has 7 atom stereocenters. The van der Waals surface area contributed by atoms with Crippen molar-refractivity contribution >= 4 is 28.9 Å². The van der Waals surface area contributed by atoms with Crippen LogP contribution in [0.1, 0.15) is 38.7 Å². The first kappa shape index (κ1) is 33.7. The van der Waals surface area contributed by atoms with Crippen molar-refractivity contribution in [1.29, 1.82) is 0 Å². The third kappa shape index (κ3) is 5.86. The van der Waals surface area contributed by atoms with Gasteiger partial charge in [0.25, 0.3) is 11.5 Å². The fraction of sp³-hybridized carbons (Fsp3) is 0.514. The summed E-state index contributed by atoms with van der Waals surface area (Å²) in [6.45, 7) is 7.41. The van der Waals surface area contributed by atoms with Gasteiger partial charge in [-0.2, -0.15) is 0 Å². The molecule has 5 unspecified atom stereocenters. The van der Waals surface area contributed by atoms with E-state index < -0.39 is 36.8 Å². The number of aromatic nitrogens is 3. The minimum absolute atomic E-state index is 0.102. The van der Waals surface area contributed by atoms with Crippen LogP contribution in [-0.2, 0) is 23.2 Å². The lowest BCUT2D eigenvalue weighted by Crippen LogP contribution is -2.63. The van der Waals surface area contributed by atoms with E-state index in [1.807, 2.05) is 18.3 Å². The number of aliphatic hydroxyl groups is 1. The molecule has 270 valence electrons. The van der Waals surface area contributed by atoms with Gasteiger partial charge in [0.05, 0.1) is 37.7 Å². The molecule has 5 aliphatic rings. The van der Waals surface area contributed by atoms with Crippen LogP contribution in [0.2, 0.25) is 0 Å². The molecule has 0 radical (unpaired) electrons. The minimum Gasteiger partial charge on any atom is -0.392 e. The molecule has 8 rings (SSSR count). The van der Waals surface area contributed by atoms with E-state index in [0.29, 0.717) is 53.5 Å². The number of hydrogen-bond donors (Lipinski definition) is 2. The monoisotopic (exact) mass is 702 g/mol. The lowest BCUT2D eigenvalue weighted by atomic mass is 9.82. The number of halogens is 2. The lowest BCUT2D eigenvalue weighted by Gasteiger charge is -2.50. The summed E-state index contributed by atoms with van der Waals surface area (Å²) in [6, 6.07) is 7.12. The van der Waals surface area contributed by atoms with Crippen LogP contribution < -0.4 is 20.7 Å². The van der Waals surface area contributed by atoms with Gasteiger partial charge in [-0.1, -0.05) is 0 Å². The number of piperazine rings is 1. The second-order valence-electron chi connectivity index (χ2n) is 14.6. The Labute approximate surface area is 295 Å². The smallest absolute Gasteiger partial charge is 0.274 e. The first-order valence-electron chi connectivity index (χ1n) is 17.8. The van der Waals surface area contributed by atoms with Crippen molar-refractivity contribution in [2.24, 2.45) is 13.0 Å². The van der Waals surface area contributed by atoms with Gasteiger partial charge < -0.3 is 29.5 Å². The highest BCUT2D eigenvalue weighted by molar-refractivity contribution is 6.01. The first-order valence-corrected chi connectivity index (χ1v) is 17.8. The van der Waals surface area contributed by atoms with Crippen LogP contribution in [0.15, 0.2) is 60.1 Å². The van der Waals surface area contributed by atoms with Crippen LogP contribution in [0, 0.1) is 5.92 Å². The second kappa shape index (κ2) is 13.3. The summed E-state index contributed by atoms with van der Waals surface area (Å²) in [6.07, 6.45) is 6.60. The lowest BCUT2D eigenvalue weighted by molar-refractivity contribution is -0.123. The topological polar surface area (TPSA) is 119 Å². The van der Waals surface area contributed by atoms with Crippen molar-refractivity contribution in [1.82, 2.24) is 24.3 Å². The number of hydrogen-bond acceptors (Lipinski definition) is 10. The fourth-order valence-electron chi connectivity index (χ4n) is 8.72. The maximum Gasteiger partial charge on any atom is 0.274 e. The number of nitrogens with one attached hydrogen (secondary N) is 1. The van der Waals surface area contributed by atoms with Crippen LogP contribution in [0.5, 0.6) is 0 Å². The molecule has 4 fully saturated rings. The van der Waals surface area contributed by atoms with Gasteiger partial charge in [0.15, 0.2) is 0 Å². The average molecular weight is 703 g/mol. The summed E-state index contributed by atoms with van der Waals surface area (Å²) in [5.41, 5.74) is 2.51. The molecular weight excluding hydrogens is 658 g/mol. The van der Waals surface area contributed by atoms with Gasteiger partial charge in [-0.15, -0.1) is 0 Å². The molecule has 3 aromatic heterocycles. The minimum atomic E-state index is -1.51. The van der Waals surface area contributed by atoms with E-state index >= 15 is 4.39 Å². The highest BCUT2D eigenvalue weighted by atomic mass is 19.1. The van der Waals surface area contributed by atoms with Crippen molar-refractivity contribution in [3.63, 3.8) is 0 Å². The Kier molecular flexibility index (Phi) is 8.79. The van der Waals surface area contributed by atoms with E-state index in [4.69, 9.17) is 4.74 Å². The number of aryl methyl sites for hydroxylation is 1. The van der Waals surface area contributed by atoms with Gasteiger partial charge in [0.1, 0.15) is 35.7 Å². The molecule has 4 aliphatic heterocycles. The maximum atomic E-state index is 15.7. The van der Waals surface area contributed by atoms with Crippen molar-refractivity contribution in [2.45, 2.75) is 82.3 Å². The van der Waals surface area contributed by atoms with Crippen molar-refractivity contribution in [3.8, 4) is 11.1 Å². The zero-order valence-corrected chi connectivity index (χ0v) is 29.0. The molecule has 2 N–H and O–H groups in total. The SMILES string of the molecule is C[C@@H]1CN(c2ccc(Nc3cc(-c4ccnc(N5C=CN6C7CCC(F)CC7C(F)C6C5=O)c4CO)cn(C)c3=O)nc2)[C@@H](C)CN1C1COC1. The average Bonchev–Trinajstić information content (AvgIpc) is 3.38. The zero-order valence-electron chi connectivity index (χ0n) is 29.0. The molecule has 1 aliphatic carbocycles. The number of fused-ring (bicyclic) bond motifs is 3. The van der Waals surface area contributed by atoms with E-state index in [2.05, 4.69) is 38.9 Å². The maximum absolute atomic E-state index is 15.7. The predicted octanol–water partition coefficient (Wildman–Crippen LogP) is 3.72. The molecule has 1 saturated carbocycles. The number of pyridine rings is 3. The molecule has 0 bridgehead atoms. The number of alkyl halides is 2. The number of anilines is 4. The normalized spacial score (nSPS) is 29.6. The Bertz CT molecular complexity index is 1890. The van der Waals surface area contributed by atoms with Crippen LogP contribution in [0.25, 0.3) is 11.1 Å². The van der Waals surface area contributed by atoms with Gasteiger partial charge in [0, 0.05) is 80.1 Å². The zero-order chi connectivity index (χ0) is 35.6. The first-order chi connectivity index (χ1) is 24.6. The Balaban J connectivity index is 1.04. The number of nitrogens with zero attached hydrogens (tertiary/aromatic N) is 7. The Hall–Kier alpha value is -4.40. The Morgan fingerprint density at radius 1 is 1.04 bits per heavy atom. The molecule has 0 aromatic carbocycles. The van der Waals surface area contributed by atoms with Crippen molar-refractivity contribution in [2.75, 3.05) is 41.4 Å². The molecule has 7 heterocycles. The van der Waals surface area contributed by atoms with E-state index in [9.17, 15) is 19.1 Å². The molecule has 51 heavy (non-hydrogen) atoms. The largest absolute Gasteiger partial charge is 0.392 e. The van der Waals surface area contributed by atoms with E-state index in [1.165, 1.54) is 15.7 Å². The van der Waals surface area contributed by atoms with E-state index in [0.717, 1.165) is 32.0 Å². The molecular formula is C37H44F2N8O4. The standard InChI is InChI=1S/C37H44F2N8O4/c1-21-16-47(26-19-51-20-26)22(2)15-46(21)25-5-7-32(41-14-25)42-30-12-23(17-43(3)36(30)49)27-8-9-40-35(29(27)18-48)45-11-10-44-31-6-4-24(38)13-28(31)33(39)34(44)37(45)50/h5,7-12,14,17,21-22,24,26,28,31,33-34,48H,4,6,13,15-16,18-20H2,1-3H3,(H,41,42)/t21-,22+,24?,28?,31?,33?,34?/m0/s1. The molecule has 3 saturated heterocycles. The summed E-state index contributed by atoms with van der Waals surface area (Å²) in [7, 11) is 1.64. The number of rotatable bonds is 7. The highest BCUT2D eigenvalue weighted by Gasteiger charge is 2.55. The third-order valence-corrected chi connectivity index (χ3v) is 11.5. The fourth-order valence-corrected chi connectivity index (χ4v) is 8.72. The summed E-state index contributed by atoms with van der Waals surface area (Å²) in [5, 5.41) is 13.8. The van der Waals surface area contributed by atoms with Gasteiger partial charge >= 0.3 is 0 Å². The quantitative estimate of drug-likeness (QED) is 0.377. The number of carbonyl (C=O) groups excluding carboxylic acids is 1. The third-order valence-electron chi connectivity index (χ3n) is 11.5. The van der Waals surface area contributed by atoms with Gasteiger partial charge in [-0.05, 0) is 62.9 Å². The second-order valence-corrected chi connectivity index (χ2v) is 14.6. The highest BCUT2D eigenvalue weighted by Crippen LogP contribution is 2.45. The van der Waals surface area contributed by atoms with Crippen molar-refractivity contribution in [3.05, 3.63) is 71.2 Å². The molecule has 3 aromatic rings. The molecule has 12 nitrogen and oxygen atoms in total. The van der Waals surface area contributed by atoms with E-state index in [-0.39, 0.29) is 29.5 Å². The Morgan fingerprint density at radius 2 is 1.86 bits per heavy atom. The van der Waals surface area contributed by atoms with Gasteiger partial charge in [-0.25, -0.2) is 18.7 Å². The summed E-state index contributed by atoms with van der Waals surface area (Å²) < 4.78 is 36.8. The van der Waals surface area contributed by atoms with Crippen LogP contribution in [0.3, 0.4) is 0 Å². The summed E-state index contributed by atoms with van der Waals surface area (Å²) >= 11 is 0. The van der Waals surface area contributed by atoms with Gasteiger partial charge in [0.2, 0.25) is 0 Å². The van der Waals surface area contributed by atoms with Gasteiger partial charge in [-0.3, -0.25) is 19.4 Å². The Morgan fingerprint density at radius 3 is 2.59 bits per heavy atom. The summed E-state index contributed by atoms with van der Waals surface area (Å²) in [5.74, 6) is -0.387. The van der Waals surface area contributed by atoms with E-state index in [1.54, 1.807) is 42.7 Å². The molecule has 14 heteroatoms. The van der Waals surface area contributed by atoms with Crippen LogP contribution in [0.4, 0.5) is 31.8 Å². The number of amides is 1. The molecule has 1 amide bonds. The number of ether oxygens (including phenoxy) is 1. The van der Waals surface area contributed by atoms with Crippen molar-refractivity contribution < 1.29 is 23.4 Å². The van der Waals surface area contributed by atoms with Crippen LogP contribution in [-0.4, -0.2) is 104 Å². The number of carbonyl (C=O) groups is 1. The molecule has 0 spiro atoms.